The van der Waals surface area contributed by atoms with Gasteiger partial charge in [0.2, 0.25) is 0 Å². The molecular formula is C17H25F2NO2. The third-order valence-corrected chi connectivity index (χ3v) is 4.32. The van der Waals surface area contributed by atoms with E-state index in [9.17, 15) is 13.9 Å². The van der Waals surface area contributed by atoms with Crippen LogP contribution in [-0.4, -0.2) is 24.4 Å². The molecule has 3 unspecified atom stereocenters. The van der Waals surface area contributed by atoms with Gasteiger partial charge in [-0.05, 0) is 55.8 Å². The summed E-state index contributed by atoms with van der Waals surface area (Å²) in [5.41, 5.74) is 1.07. The van der Waals surface area contributed by atoms with Crippen LogP contribution in [0.4, 0.5) is 8.78 Å². The largest absolute Gasteiger partial charge is 0.435 e. The van der Waals surface area contributed by atoms with Crippen LogP contribution in [0.5, 0.6) is 5.75 Å². The molecule has 22 heavy (non-hydrogen) atoms. The fraction of sp³-hybridized carbons (Fsp3) is 0.647. The van der Waals surface area contributed by atoms with Crippen molar-refractivity contribution in [1.29, 1.82) is 0 Å². The van der Waals surface area contributed by atoms with E-state index in [-0.39, 0.29) is 17.9 Å². The standard InChI is InChI=1S/C17H25F2NO2/c1-2-16(20-11-12-4-3-5-14(21)10-12)13-6-8-15(9-7-13)22-17(18)19/h6-9,12,14,16-17,20-21H,2-5,10-11H2,1H3. The highest BCUT2D eigenvalue weighted by Crippen LogP contribution is 2.26. The van der Waals surface area contributed by atoms with Crippen LogP contribution in [0, 0.1) is 5.92 Å². The monoisotopic (exact) mass is 313 g/mol. The fourth-order valence-electron chi connectivity index (χ4n) is 3.14. The van der Waals surface area contributed by atoms with E-state index in [4.69, 9.17) is 0 Å². The van der Waals surface area contributed by atoms with Crippen LogP contribution in [-0.2, 0) is 0 Å². The Morgan fingerprint density at radius 2 is 2.00 bits per heavy atom. The summed E-state index contributed by atoms with van der Waals surface area (Å²) in [5.74, 6) is 0.697. The molecule has 1 aromatic carbocycles. The number of rotatable bonds is 7. The number of hydrogen-bond acceptors (Lipinski definition) is 3. The molecule has 1 aliphatic rings. The Bertz CT molecular complexity index is 439. The number of aliphatic hydroxyl groups excluding tert-OH is 1. The molecule has 0 bridgehead atoms. The molecule has 0 radical (unpaired) electrons. The van der Waals surface area contributed by atoms with E-state index in [0.717, 1.165) is 44.2 Å². The maximum Gasteiger partial charge on any atom is 0.387 e. The first-order chi connectivity index (χ1) is 10.6. The predicted molar refractivity (Wildman–Crippen MR) is 82.1 cm³/mol. The van der Waals surface area contributed by atoms with Gasteiger partial charge in [-0.2, -0.15) is 8.78 Å². The van der Waals surface area contributed by atoms with Crippen molar-refractivity contribution in [3.05, 3.63) is 29.8 Å². The van der Waals surface area contributed by atoms with E-state index in [1.807, 2.05) is 12.1 Å². The lowest BCUT2D eigenvalue weighted by molar-refractivity contribution is -0.0498. The third-order valence-electron chi connectivity index (χ3n) is 4.32. The SMILES string of the molecule is CCC(NCC1CCCC(O)C1)c1ccc(OC(F)F)cc1. The minimum atomic E-state index is -2.79. The molecule has 0 heterocycles. The smallest absolute Gasteiger partial charge is 0.387 e. The van der Waals surface area contributed by atoms with E-state index in [0.29, 0.717) is 5.92 Å². The molecule has 1 fully saturated rings. The van der Waals surface area contributed by atoms with Crippen molar-refractivity contribution in [2.24, 2.45) is 5.92 Å². The summed E-state index contributed by atoms with van der Waals surface area (Å²) in [5, 5.41) is 13.3. The second-order valence-corrected chi connectivity index (χ2v) is 6.00. The Kier molecular flexibility index (Phi) is 6.58. The zero-order valence-electron chi connectivity index (χ0n) is 13.0. The minimum Gasteiger partial charge on any atom is -0.435 e. The quantitative estimate of drug-likeness (QED) is 0.802. The maximum absolute atomic E-state index is 12.1. The Morgan fingerprint density at radius 3 is 2.59 bits per heavy atom. The summed E-state index contributed by atoms with van der Waals surface area (Å²) in [4.78, 5) is 0. The fourth-order valence-corrected chi connectivity index (χ4v) is 3.14. The van der Waals surface area contributed by atoms with E-state index >= 15 is 0 Å². The van der Waals surface area contributed by atoms with Gasteiger partial charge in [0.1, 0.15) is 5.75 Å². The van der Waals surface area contributed by atoms with E-state index in [2.05, 4.69) is 17.0 Å². The molecule has 0 spiro atoms. The van der Waals surface area contributed by atoms with Gasteiger partial charge in [-0.15, -0.1) is 0 Å². The molecule has 1 aromatic rings. The molecule has 124 valence electrons. The lowest BCUT2D eigenvalue weighted by Gasteiger charge is -2.28. The van der Waals surface area contributed by atoms with Crippen molar-refractivity contribution >= 4 is 0 Å². The molecule has 0 amide bonds. The first-order valence-electron chi connectivity index (χ1n) is 8.04. The Balaban J connectivity index is 1.87. The predicted octanol–water partition coefficient (Wildman–Crippen LogP) is 3.88. The highest BCUT2D eigenvalue weighted by Gasteiger charge is 2.21. The van der Waals surface area contributed by atoms with Crippen LogP contribution in [0.25, 0.3) is 0 Å². The molecule has 3 atom stereocenters. The molecule has 0 aliphatic heterocycles. The first kappa shape index (κ1) is 17.2. The van der Waals surface area contributed by atoms with E-state index < -0.39 is 6.61 Å². The second-order valence-electron chi connectivity index (χ2n) is 6.00. The van der Waals surface area contributed by atoms with Gasteiger partial charge in [0, 0.05) is 6.04 Å². The Morgan fingerprint density at radius 1 is 1.27 bits per heavy atom. The van der Waals surface area contributed by atoms with Crippen molar-refractivity contribution in [3.63, 3.8) is 0 Å². The summed E-state index contributed by atoms with van der Waals surface area (Å²) in [6.45, 7) is 0.186. The molecule has 0 aromatic heterocycles. The number of alkyl halides is 2. The van der Waals surface area contributed by atoms with Gasteiger partial charge in [0.15, 0.2) is 0 Å². The lowest BCUT2D eigenvalue weighted by atomic mass is 9.87. The van der Waals surface area contributed by atoms with Crippen molar-refractivity contribution in [3.8, 4) is 5.75 Å². The van der Waals surface area contributed by atoms with Crippen molar-refractivity contribution in [1.82, 2.24) is 5.32 Å². The van der Waals surface area contributed by atoms with Gasteiger partial charge < -0.3 is 15.2 Å². The van der Waals surface area contributed by atoms with Gasteiger partial charge in [-0.3, -0.25) is 0 Å². The lowest BCUT2D eigenvalue weighted by Crippen LogP contribution is -2.31. The average Bonchev–Trinajstić information content (AvgIpc) is 2.49. The summed E-state index contributed by atoms with van der Waals surface area (Å²) in [6, 6.07) is 7.01. The highest BCUT2D eigenvalue weighted by atomic mass is 19.3. The van der Waals surface area contributed by atoms with Crippen LogP contribution >= 0.6 is 0 Å². The number of nitrogens with one attached hydrogen (secondary N) is 1. The zero-order chi connectivity index (χ0) is 15.9. The van der Waals surface area contributed by atoms with Gasteiger partial charge in [0.05, 0.1) is 6.10 Å². The van der Waals surface area contributed by atoms with Crippen LogP contribution in [0.15, 0.2) is 24.3 Å². The molecule has 0 saturated heterocycles. The van der Waals surface area contributed by atoms with Crippen molar-refractivity contribution in [2.75, 3.05) is 6.54 Å². The molecule has 1 aliphatic carbocycles. The number of halogens is 2. The average molecular weight is 313 g/mol. The number of benzene rings is 1. The number of aliphatic hydroxyl groups is 1. The number of hydrogen-bond donors (Lipinski definition) is 2. The van der Waals surface area contributed by atoms with Gasteiger partial charge >= 0.3 is 6.61 Å². The first-order valence-corrected chi connectivity index (χ1v) is 8.04. The van der Waals surface area contributed by atoms with Crippen molar-refractivity contribution in [2.45, 2.75) is 57.8 Å². The second kappa shape index (κ2) is 8.44. The minimum absolute atomic E-state index is 0.161. The molecular weight excluding hydrogens is 288 g/mol. The van der Waals surface area contributed by atoms with Gasteiger partial charge in [0.25, 0.3) is 0 Å². The third kappa shape index (κ3) is 5.21. The Labute approximate surface area is 130 Å². The normalized spacial score (nSPS) is 23.5. The molecule has 2 N–H and O–H groups in total. The van der Waals surface area contributed by atoms with Crippen LogP contribution < -0.4 is 10.1 Å². The van der Waals surface area contributed by atoms with Crippen LogP contribution in [0.2, 0.25) is 0 Å². The summed E-state index contributed by atoms with van der Waals surface area (Å²) < 4.78 is 28.7. The summed E-state index contributed by atoms with van der Waals surface area (Å²) in [6.07, 6.45) is 4.78. The topological polar surface area (TPSA) is 41.5 Å². The number of ether oxygens (including phenoxy) is 1. The summed E-state index contributed by atoms with van der Waals surface area (Å²) in [7, 11) is 0. The van der Waals surface area contributed by atoms with Crippen molar-refractivity contribution < 1.29 is 18.6 Å². The maximum atomic E-state index is 12.1. The molecule has 2 rings (SSSR count). The summed E-state index contributed by atoms with van der Waals surface area (Å²) >= 11 is 0. The molecule has 3 nitrogen and oxygen atoms in total. The molecule has 5 heteroatoms. The zero-order valence-corrected chi connectivity index (χ0v) is 13.0. The highest BCUT2D eigenvalue weighted by molar-refractivity contribution is 5.29. The van der Waals surface area contributed by atoms with E-state index in [1.165, 1.54) is 0 Å². The van der Waals surface area contributed by atoms with Crippen LogP contribution in [0.1, 0.15) is 50.6 Å². The van der Waals surface area contributed by atoms with E-state index in [1.54, 1.807) is 12.1 Å². The van der Waals surface area contributed by atoms with Gasteiger partial charge in [-0.1, -0.05) is 25.5 Å². The van der Waals surface area contributed by atoms with Gasteiger partial charge in [-0.25, -0.2) is 0 Å². The Hall–Kier alpha value is -1.20. The van der Waals surface area contributed by atoms with Crippen LogP contribution in [0.3, 0.4) is 0 Å². The molecule has 1 saturated carbocycles.